The van der Waals surface area contributed by atoms with Crippen molar-refractivity contribution in [2.75, 3.05) is 13.1 Å². The average molecular weight is 73.1 g/mol. The summed E-state index contributed by atoms with van der Waals surface area (Å²) in [6.45, 7) is 2.50. The van der Waals surface area contributed by atoms with Crippen LogP contribution in [0.3, 0.4) is 0 Å². The molecule has 1 aliphatic rings. The lowest BCUT2D eigenvalue weighted by molar-refractivity contribution is 0.857. The predicted molar refractivity (Wildman–Crippen MR) is 22.1 cm³/mol. The molecule has 1 heteroatoms. The van der Waals surface area contributed by atoms with Crippen LogP contribution in [0.2, 0.25) is 0 Å². The Morgan fingerprint density at radius 2 is 2.60 bits per heavy atom. The van der Waals surface area contributed by atoms with Gasteiger partial charge >= 0.3 is 0 Å². The van der Waals surface area contributed by atoms with E-state index in [2.05, 4.69) is 5.32 Å². The number of rotatable bonds is 0. The van der Waals surface area contributed by atoms with E-state index in [1.807, 2.05) is 0 Å². The number of nitrogens with one attached hydrogen (secondary N) is 1. The summed E-state index contributed by atoms with van der Waals surface area (Å²) >= 11 is 0. The summed E-state index contributed by atoms with van der Waals surface area (Å²) < 4.78 is 0. The largest absolute Gasteiger partial charge is 0.317 e. The van der Waals surface area contributed by atoms with Crippen molar-refractivity contribution in [2.24, 2.45) is 0 Å². The van der Waals surface area contributed by atoms with Gasteiger partial charge in [0.05, 0.1) is 0 Å². The third kappa shape index (κ3) is 0.618. The summed E-state index contributed by atoms with van der Waals surface area (Å²) in [5.41, 5.74) is 0. The molecule has 5 heavy (non-hydrogen) atoms. The smallest absolute Gasteiger partial charge is 0.00484 e. The molecule has 1 rings (SSSR count). The standard InChI is InChI=1S/C4H9N/c1-2-4-5-3-1/h5H,1-4H2/i3+2. The number of hydrogen-bond donors (Lipinski definition) is 1. The van der Waals surface area contributed by atoms with Crippen LogP contribution in [0.4, 0.5) is 0 Å². The van der Waals surface area contributed by atoms with Crippen molar-refractivity contribution in [3.05, 3.63) is 0 Å². The highest BCUT2D eigenvalue weighted by atomic mass is 15.4. The molecule has 0 aromatic carbocycles. The third-order valence-corrected chi connectivity index (χ3v) is 0.957. The summed E-state index contributed by atoms with van der Waals surface area (Å²) in [5, 5.41) is 3.22. The van der Waals surface area contributed by atoms with Gasteiger partial charge in [-0.2, -0.15) is 0 Å². The van der Waals surface area contributed by atoms with Crippen LogP contribution < -0.4 is 5.32 Å². The van der Waals surface area contributed by atoms with Crippen LogP contribution >= 0.6 is 0 Å². The minimum absolute atomic E-state index is 1.25. The van der Waals surface area contributed by atoms with Crippen LogP contribution in [-0.2, 0) is 0 Å². The van der Waals surface area contributed by atoms with Crippen molar-refractivity contribution in [1.82, 2.24) is 5.32 Å². The molecule has 30 valence electrons. The van der Waals surface area contributed by atoms with E-state index in [9.17, 15) is 0 Å². The second kappa shape index (κ2) is 1.41. The molecule has 1 heterocycles. The lowest BCUT2D eigenvalue weighted by Crippen LogP contribution is -2.03. The predicted octanol–water partition coefficient (Wildman–Crippen LogP) is 0.370. The Bertz CT molecular complexity index is 15.2. The Hall–Kier alpha value is -0.0400. The first kappa shape index (κ1) is 3.16. The average Bonchev–Trinajstić information content (AvgIpc) is 1.76. The molecule has 1 fully saturated rings. The topological polar surface area (TPSA) is 12.0 Å². The first-order valence-electron chi connectivity index (χ1n) is 2.21. The molecule has 1 nitrogen and oxygen atoms in total. The molecule has 0 aromatic rings. The highest BCUT2D eigenvalue weighted by Gasteiger charge is 1.93. The summed E-state index contributed by atoms with van der Waals surface area (Å²) in [6, 6.07) is 0. The molecule has 0 unspecified atom stereocenters. The van der Waals surface area contributed by atoms with Gasteiger partial charge in [0.2, 0.25) is 0 Å². The fourth-order valence-corrected chi connectivity index (χ4v) is 0.625. The zero-order valence-corrected chi connectivity index (χ0v) is 3.33. The van der Waals surface area contributed by atoms with Gasteiger partial charge in [-0.05, 0) is 25.9 Å². The lowest BCUT2D eigenvalue weighted by atomic mass is 10.5. The molecule has 0 bridgehead atoms. The Kier molecular flexibility index (Phi) is 0.892. The zero-order chi connectivity index (χ0) is 3.54. The maximum absolute atomic E-state index is 3.22. The van der Waals surface area contributed by atoms with Crippen molar-refractivity contribution in [1.29, 1.82) is 0 Å². The molecule has 1 N–H and O–H groups in total. The van der Waals surface area contributed by atoms with Gasteiger partial charge in [-0.15, -0.1) is 0 Å². The van der Waals surface area contributed by atoms with Gasteiger partial charge in [0, 0.05) is 0 Å². The van der Waals surface area contributed by atoms with Gasteiger partial charge in [-0.3, -0.25) is 0 Å². The summed E-state index contributed by atoms with van der Waals surface area (Å²) in [6.07, 6.45) is 2.78. The Morgan fingerprint density at radius 3 is 2.80 bits per heavy atom. The quantitative estimate of drug-likeness (QED) is 0.437. The van der Waals surface area contributed by atoms with Gasteiger partial charge in [0.1, 0.15) is 0 Å². The van der Waals surface area contributed by atoms with E-state index >= 15 is 0 Å². The summed E-state index contributed by atoms with van der Waals surface area (Å²) in [4.78, 5) is 0. The van der Waals surface area contributed by atoms with E-state index < -0.39 is 0 Å². The van der Waals surface area contributed by atoms with E-state index in [1.165, 1.54) is 25.9 Å². The van der Waals surface area contributed by atoms with Crippen LogP contribution in [0.15, 0.2) is 0 Å². The van der Waals surface area contributed by atoms with Gasteiger partial charge in [-0.25, -0.2) is 0 Å². The van der Waals surface area contributed by atoms with Crippen molar-refractivity contribution in [2.45, 2.75) is 12.8 Å². The Balaban J connectivity index is 2.08. The minimum atomic E-state index is 1.25. The van der Waals surface area contributed by atoms with Crippen LogP contribution in [0, 0.1) is 0 Å². The van der Waals surface area contributed by atoms with Crippen molar-refractivity contribution < 1.29 is 0 Å². The maximum Gasteiger partial charge on any atom is -0.00484 e. The molecule has 0 spiro atoms. The Morgan fingerprint density at radius 1 is 1.60 bits per heavy atom. The van der Waals surface area contributed by atoms with Crippen LogP contribution in [-0.4, -0.2) is 13.1 Å². The van der Waals surface area contributed by atoms with E-state index in [-0.39, 0.29) is 0 Å². The normalized spacial score (nSPS) is 24.0. The molecular formula is C4H9N. The minimum Gasteiger partial charge on any atom is -0.317 e. The van der Waals surface area contributed by atoms with E-state index in [4.69, 9.17) is 0 Å². The molecule has 0 amide bonds. The van der Waals surface area contributed by atoms with Crippen molar-refractivity contribution >= 4 is 0 Å². The molecule has 0 aliphatic carbocycles. The molecule has 1 saturated heterocycles. The third-order valence-electron chi connectivity index (χ3n) is 0.957. The van der Waals surface area contributed by atoms with Gasteiger partial charge < -0.3 is 5.32 Å². The highest BCUT2D eigenvalue weighted by molar-refractivity contribution is 4.55. The zero-order valence-electron chi connectivity index (χ0n) is 3.33. The van der Waals surface area contributed by atoms with Crippen LogP contribution in [0.5, 0.6) is 0 Å². The molecule has 0 saturated carbocycles. The molecule has 0 atom stereocenters. The fraction of sp³-hybridized carbons (Fsp3) is 1.00. The molecule has 0 radical (unpaired) electrons. The van der Waals surface area contributed by atoms with E-state index in [0.29, 0.717) is 0 Å². The van der Waals surface area contributed by atoms with Crippen molar-refractivity contribution in [3.63, 3.8) is 0 Å². The monoisotopic (exact) mass is 73.1 g/mol. The van der Waals surface area contributed by atoms with E-state index in [0.717, 1.165) is 0 Å². The Labute approximate surface area is 32.4 Å². The van der Waals surface area contributed by atoms with Gasteiger partial charge in [0.25, 0.3) is 0 Å². The van der Waals surface area contributed by atoms with E-state index in [1.54, 1.807) is 0 Å². The summed E-state index contributed by atoms with van der Waals surface area (Å²) in [5.74, 6) is 0. The number of hydrogen-bond acceptors (Lipinski definition) is 1. The molecular weight excluding hydrogens is 64.0 g/mol. The first-order chi connectivity index (χ1) is 2.50. The van der Waals surface area contributed by atoms with Crippen LogP contribution in [0.1, 0.15) is 12.8 Å². The highest BCUT2D eigenvalue weighted by Crippen LogP contribution is 1.90. The van der Waals surface area contributed by atoms with Gasteiger partial charge in [-0.1, -0.05) is 0 Å². The first-order valence-corrected chi connectivity index (χ1v) is 2.21. The second-order valence-electron chi connectivity index (χ2n) is 1.46. The van der Waals surface area contributed by atoms with Crippen LogP contribution in [0.25, 0.3) is 0 Å². The molecule has 0 aromatic heterocycles. The second-order valence-corrected chi connectivity index (χ2v) is 1.46. The maximum atomic E-state index is 3.22. The van der Waals surface area contributed by atoms with Gasteiger partial charge in [0.15, 0.2) is 0 Å². The van der Waals surface area contributed by atoms with Crippen molar-refractivity contribution in [3.8, 4) is 0 Å². The summed E-state index contributed by atoms with van der Waals surface area (Å²) in [7, 11) is 0. The lowest BCUT2D eigenvalue weighted by Gasteiger charge is -1.76. The SMILES string of the molecule is C1C[14CH2]NC1. The molecule has 1 aliphatic heterocycles. The fourth-order valence-electron chi connectivity index (χ4n) is 0.625.